The lowest BCUT2D eigenvalue weighted by atomic mass is 10.1. The zero-order valence-electron chi connectivity index (χ0n) is 18.0. The zero-order valence-corrected chi connectivity index (χ0v) is 18.0. The first-order valence-electron chi connectivity index (χ1n) is 9.88. The van der Waals surface area contributed by atoms with E-state index in [2.05, 4.69) is 5.32 Å². The first-order chi connectivity index (χ1) is 14.8. The molecule has 7 nitrogen and oxygen atoms in total. The number of benzene rings is 2. The minimum absolute atomic E-state index is 0.148. The zero-order chi connectivity index (χ0) is 22.5. The summed E-state index contributed by atoms with van der Waals surface area (Å²) in [6, 6.07) is 16.8. The van der Waals surface area contributed by atoms with Crippen molar-refractivity contribution in [3.8, 4) is 5.69 Å². The molecule has 7 heteroatoms. The minimum atomic E-state index is -1.07. The molecule has 3 aromatic rings. The summed E-state index contributed by atoms with van der Waals surface area (Å²) in [7, 11) is 1.73. The van der Waals surface area contributed by atoms with Crippen molar-refractivity contribution in [2.24, 2.45) is 7.05 Å². The minimum Gasteiger partial charge on any atom is -0.449 e. The molecule has 3 rings (SSSR count). The van der Waals surface area contributed by atoms with E-state index in [1.54, 1.807) is 36.9 Å². The van der Waals surface area contributed by atoms with Crippen molar-refractivity contribution in [3.63, 3.8) is 0 Å². The highest BCUT2D eigenvalue weighted by Crippen LogP contribution is 2.14. The highest BCUT2D eigenvalue weighted by Gasteiger charge is 2.22. The smallest absolute Gasteiger partial charge is 0.331 e. The molecule has 2 aromatic carbocycles. The molecule has 0 fully saturated rings. The van der Waals surface area contributed by atoms with Crippen LogP contribution in [0.1, 0.15) is 23.7 Å². The number of nitrogens with zero attached hydrogens (tertiary/aromatic N) is 2. The number of aromatic nitrogens is 2. The van der Waals surface area contributed by atoms with E-state index in [9.17, 15) is 14.4 Å². The van der Waals surface area contributed by atoms with E-state index < -0.39 is 18.0 Å². The number of rotatable bonds is 6. The van der Waals surface area contributed by atoms with Gasteiger partial charge in [0.2, 0.25) is 0 Å². The predicted octanol–water partition coefficient (Wildman–Crippen LogP) is 3.38. The van der Waals surface area contributed by atoms with E-state index in [1.165, 1.54) is 17.7 Å². The van der Waals surface area contributed by atoms with Crippen LogP contribution in [0, 0.1) is 13.8 Å². The fourth-order valence-corrected chi connectivity index (χ4v) is 3.05. The van der Waals surface area contributed by atoms with E-state index in [-0.39, 0.29) is 11.2 Å². The molecule has 0 radical (unpaired) electrons. The number of ether oxygens (including phenoxy) is 1. The highest BCUT2D eigenvalue weighted by molar-refractivity contribution is 5.97. The largest absolute Gasteiger partial charge is 0.449 e. The summed E-state index contributed by atoms with van der Waals surface area (Å²) in [4.78, 5) is 37.5. The number of carbonyl (C=O) groups excluding carboxylic acids is 2. The fourth-order valence-electron chi connectivity index (χ4n) is 3.05. The number of anilines is 1. The predicted molar refractivity (Wildman–Crippen MR) is 120 cm³/mol. The Morgan fingerprint density at radius 3 is 2.32 bits per heavy atom. The lowest BCUT2D eigenvalue weighted by Crippen LogP contribution is -2.31. The van der Waals surface area contributed by atoms with Gasteiger partial charge in [-0.1, -0.05) is 48.0 Å². The monoisotopic (exact) mass is 419 g/mol. The van der Waals surface area contributed by atoms with E-state index in [0.29, 0.717) is 11.4 Å². The van der Waals surface area contributed by atoms with E-state index in [1.807, 2.05) is 49.4 Å². The van der Waals surface area contributed by atoms with Crippen molar-refractivity contribution in [3.05, 3.63) is 87.8 Å². The van der Waals surface area contributed by atoms with Gasteiger partial charge in [-0.3, -0.25) is 14.3 Å². The topological polar surface area (TPSA) is 82.3 Å². The van der Waals surface area contributed by atoms with E-state index in [4.69, 9.17) is 4.74 Å². The third-order valence-electron chi connectivity index (χ3n) is 4.95. The van der Waals surface area contributed by atoms with Gasteiger partial charge in [0, 0.05) is 13.1 Å². The van der Waals surface area contributed by atoms with Gasteiger partial charge in [0.1, 0.15) is 5.69 Å². The Balaban J connectivity index is 1.69. The van der Waals surface area contributed by atoms with Crippen LogP contribution in [0.2, 0.25) is 0 Å². The summed E-state index contributed by atoms with van der Waals surface area (Å²) < 4.78 is 8.30. The number of carbonyl (C=O) groups is 2. The maximum absolute atomic E-state index is 12.9. The molecule has 1 amide bonds. The maximum Gasteiger partial charge on any atom is 0.331 e. The van der Waals surface area contributed by atoms with E-state index >= 15 is 0 Å². The quantitative estimate of drug-likeness (QED) is 0.491. The summed E-state index contributed by atoms with van der Waals surface area (Å²) in [5.74, 6) is -1.22. The summed E-state index contributed by atoms with van der Waals surface area (Å²) in [6.07, 6.45) is 1.82. The van der Waals surface area contributed by atoms with Gasteiger partial charge < -0.3 is 10.1 Å². The maximum atomic E-state index is 12.9. The standard InChI is InChI=1S/C24H25N3O4/c1-16-10-12-19(13-11-16)14-15-21(28)31-18(3)23(29)25-22-17(2)26(4)27(24(22)30)20-8-6-5-7-9-20/h5-15,18H,1-4H3,(H,25,29)/b15-14+/t18-/m0/s1. The Hall–Kier alpha value is -3.87. The number of para-hydroxylation sites is 1. The van der Waals surface area contributed by atoms with Gasteiger partial charge in [-0.15, -0.1) is 0 Å². The number of amides is 1. The van der Waals surface area contributed by atoms with Gasteiger partial charge in [0.15, 0.2) is 6.10 Å². The SMILES string of the molecule is Cc1ccc(/C=C/C(=O)O[C@@H](C)C(=O)Nc2c(C)n(C)n(-c3ccccc3)c2=O)cc1. The number of esters is 1. The van der Waals surface area contributed by atoms with Crippen LogP contribution in [0.15, 0.2) is 65.5 Å². The molecule has 0 aliphatic rings. The van der Waals surface area contributed by atoms with Gasteiger partial charge in [-0.25, -0.2) is 9.48 Å². The van der Waals surface area contributed by atoms with Crippen LogP contribution in [-0.2, 0) is 21.4 Å². The summed E-state index contributed by atoms with van der Waals surface area (Å²) >= 11 is 0. The first kappa shape index (κ1) is 21.8. The summed E-state index contributed by atoms with van der Waals surface area (Å²) in [6.45, 7) is 5.17. The molecule has 1 atom stereocenters. The Morgan fingerprint density at radius 1 is 1.03 bits per heavy atom. The van der Waals surface area contributed by atoms with Crippen LogP contribution in [0.25, 0.3) is 11.8 Å². The number of hydrogen-bond donors (Lipinski definition) is 1. The molecular weight excluding hydrogens is 394 g/mol. The molecule has 0 unspecified atom stereocenters. The molecule has 1 heterocycles. The molecule has 31 heavy (non-hydrogen) atoms. The molecule has 160 valence electrons. The fraction of sp³-hybridized carbons (Fsp3) is 0.208. The van der Waals surface area contributed by atoms with Crippen molar-refractivity contribution in [1.82, 2.24) is 9.36 Å². The van der Waals surface area contributed by atoms with Crippen LogP contribution < -0.4 is 10.9 Å². The lowest BCUT2D eigenvalue weighted by molar-refractivity contribution is -0.148. The van der Waals surface area contributed by atoms with Crippen LogP contribution in [0.4, 0.5) is 5.69 Å². The molecule has 1 aromatic heterocycles. The van der Waals surface area contributed by atoms with Gasteiger partial charge in [-0.05, 0) is 44.5 Å². The third kappa shape index (κ3) is 5.01. The Bertz CT molecular complexity index is 1170. The highest BCUT2D eigenvalue weighted by atomic mass is 16.5. The number of nitrogens with one attached hydrogen (secondary N) is 1. The molecule has 0 saturated heterocycles. The molecule has 0 saturated carbocycles. The van der Waals surface area contributed by atoms with Gasteiger partial charge in [0.05, 0.1) is 11.4 Å². The van der Waals surface area contributed by atoms with Crippen LogP contribution in [0.3, 0.4) is 0 Å². The first-order valence-corrected chi connectivity index (χ1v) is 9.88. The van der Waals surface area contributed by atoms with Crippen LogP contribution >= 0.6 is 0 Å². The second-order valence-electron chi connectivity index (χ2n) is 7.25. The van der Waals surface area contributed by atoms with Crippen LogP contribution in [-0.4, -0.2) is 27.3 Å². The van der Waals surface area contributed by atoms with Crippen molar-refractivity contribution >= 4 is 23.6 Å². The summed E-state index contributed by atoms with van der Waals surface area (Å²) in [5, 5.41) is 2.60. The lowest BCUT2D eigenvalue weighted by Gasteiger charge is -2.11. The molecule has 1 N–H and O–H groups in total. The normalized spacial score (nSPS) is 12.0. The molecule has 0 aliphatic heterocycles. The summed E-state index contributed by atoms with van der Waals surface area (Å²) in [5.41, 5.74) is 3.01. The van der Waals surface area contributed by atoms with Crippen molar-refractivity contribution in [2.45, 2.75) is 26.9 Å². The molecular formula is C24H25N3O4. The number of hydrogen-bond acceptors (Lipinski definition) is 4. The van der Waals surface area contributed by atoms with Crippen molar-refractivity contribution < 1.29 is 14.3 Å². The van der Waals surface area contributed by atoms with E-state index in [0.717, 1.165) is 11.1 Å². The van der Waals surface area contributed by atoms with Crippen molar-refractivity contribution in [1.29, 1.82) is 0 Å². The van der Waals surface area contributed by atoms with Crippen molar-refractivity contribution in [2.75, 3.05) is 5.32 Å². The second kappa shape index (κ2) is 9.30. The Labute approximate surface area is 180 Å². The Morgan fingerprint density at radius 2 is 1.68 bits per heavy atom. The molecule has 0 spiro atoms. The Kier molecular flexibility index (Phi) is 6.55. The molecule has 0 aliphatic carbocycles. The van der Waals surface area contributed by atoms with Crippen LogP contribution in [0.5, 0.6) is 0 Å². The third-order valence-corrected chi connectivity index (χ3v) is 4.95. The average molecular weight is 419 g/mol. The van der Waals surface area contributed by atoms with Gasteiger partial charge >= 0.3 is 5.97 Å². The number of aryl methyl sites for hydroxylation is 1. The second-order valence-corrected chi connectivity index (χ2v) is 7.25. The van der Waals surface area contributed by atoms with Gasteiger partial charge in [0.25, 0.3) is 11.5 Å². The molecule has 0 bridgehead atoms. The van der Waals surface area contributed by atoms with Gasteiger partial charge in [-0.2, -0.15) is 0 Å². The average Bonchev–Trinajstić information content (AvgIpc) is 2.97.